The number of rotatable bonds is 7. The summed E-state index contributed by atoms with van der Waals surface area (Å²) >= 11 is 1.40. The smallest absolute Gasteiger partial charge is 0.273 e. The van der Waals surface area contributed by atoms with E-state index in [1.165, 1.54) is 11.3 Å². The number of nitrogens with zero attached hydrogens (tertiary/aromatic N) is 3. The average Bonchev–Trinajstić information content (AvgIpc) is 3.16. The first kappa shape index (κ1) is 20.3. The Balaban J connectivity index is 1.56. The number of likely N-dealkylation sites (N-methyl/N-ethyl adjacent to an activating group) is 1. The van der Waals surface area contributed by atoms with E-state index in [1.807, 2.05) is 49.3 Å². The Morgan fingerprint density at radius 1 is 1.29 bits per heavy atom. The molecule has 2 aromatic rings. The maximum Gasteiger partial charge on any atom is 0.273 e. The molecule has 1 aliphatic heterocycles. The minimum atomic E-state index is -0.152. The van der Waals surface area contributed by atoms with Gasteiger partial charge in [-0.25, -0.2) is 4.98 Å². The van der Waals surface area contributed by atoms with Gasteiger partial charge in [0.15, 0.2) is 5.13 Å². The van der Waals surface area contributed by atoms with Gasteiger partial charge in [0, 0.05) is 37.2 Å². The number of amides is 2. The lowest BCUT2D eigenvalue weighted by Crippen LogP contribution is -2.46. The third kappa shape index (κ3) is 5.53. The molecular weight excluding hydrogens is 374 g/mol. The summed E-state index contributed by atoms with van der Waals surface area (Å²) in [6.45, 7) is 2.54. The summed E-state index contributed by atoms with van der Waals surface area (Å²) in [4.78, 5) is 33.5. The Morgan fingerprint density at radius 2 is 2.07 bits per heavy atom. The Labute approximate surface area is 169 Å². The molecule has 2 heterocycles. The van der Waals surface area contributed by atoms with Crippen molar-refractivity contribution in [1.29, 1.82) is 0 Å². The molecule has 150 valence electrons. The van der Waals surface area contributed by atoms with Crippen molar-refractivity contribution in [3.05, 3.63) is 41.4 Å². The number of piperidine rings is 1. The van der Waals surface area contributed by atoms with Crippen LogP contribution < -0.4 is 10.6 Å². The average molecular weight is 402 g/mol. The van der Waals surface area contributed by atoms with Gasteiger partial charge in [-0.1, -0.05) is 18.2 Å². The molecule has 2 amide bonds. The van der Waals surface area contributed by atoms with Crippen LogP contribution in [0.4, 0.5) is 10.8 Å². The van der Waals surface area contributed by atoms with Gasteiger partial charge < -0.3 is 20.4 Å². The highest BCUT2D eigenvalue weighted by Gasteiger charge is 2.29. The fourth-order valence-electron chi connectivity index (χ4n) is 3.16. The number of carbonyl (C=O) groups excluding carboxylic acids is 2. The first-order valence-corrected chi connectivity index (χ1v) is 10.4. The molecule has 3 rings (SSSR count). The maximum absolute atomic E-state index is 12.8. The van der Waals surface area contributed by atoms with Crippen molar-refractivity contribution in [2.24, 2.45) is 5.92 Å². The summed E-state index contributed by atoms with van der Waals surface area (Å²) in [5.41, 5.74) is 1.36. The Kier molecular flexibility index (Phi) is 7.00. The summed E-state index contributed by atoms with van der Waals surface area (Å²) in [6.07, 6.45) is 1.65. The molecule has 8 heteroatoms. The zero-order valence-electron chi connectivity index (χ0n) is 16.4. The standard InChI is InChI=1S/C20H27N5O2S/c1-24(2)12-10-21-18(26)15-7-6-11-25(13-15)19(27)17-14-28-20(23-17)22-16-8-4-3-5-9-16/h3-5,8-9,14-15H,6-7,10-13H2,1-2H3,(H,21,26)(H,22,23). The third-order valence-electron chi connectivity index (χ3n) is 4.69. The number of likely N-dealkylation sites (tertiary alicyclic amines) is 1. The number of para-hydroxylation sites is 1. The Bertz CT molecular complexity index is 793. The summed E-state index contributed by atoms with van der Waals surface area (Å²) in [7, 11) is 3.95. The molecule has 0 spiro atoms. The van der Waals surface area contributed by atoms with Crippen molar-refractivity contribution < 1.29 is 9.59 Å². The van der Waals surface area contributed by atoms with E-state index in [0.717, 1.165) is 25.1 Å². The first-order valence-electron chi connectivity index (χ1n) is 9.52. The number of anilines is 2. The minimum absolute atomic E-state index is 0.0315. The summed E-state index contributed by atoms with van der Waals surface area (Å²) in [6, 6.07) is 9.74. The summed E-state index contributed by atoms with van der Waals surface area (Å²) < 4.78 is 0. The van der Waals surface area contributed by atoms with E-state index in [2.05, 4.69) is 15.6 Å². The number of nitrogens with one attached hydrogen (secondary N) is 2. The Hall–Kier alpha value is -2.45. The van der Waals surface area contributed by atoms with Crippen LogP contribution in [-0.2, 0) is 4.79 Å². The number of aromatic nitrogens is 1. The predicted molar refractivity (Wildman–Crippen MR) is 112 cm³/mol. The quantitative estimate of drug-likeness (QED) is 0.745. The zero-order valence-corrected chi connectivity index (χ0v) is 17.2. The molecule has 2 N–H and O–H groups in total. The lowest BCUT2D eigenvalue weighted by atomic mass is 9.97. The molecule has 1 atom stereocenters. The van der Waals surface area contributed by atoms with Crippen molar-refractivity contribution in [3.63, 3.8) is 0 Å². The van der Waals surface area contributed by atoms with E-state index < -0.39 is 0 Å². The number of thiazole rings is 1. The van der Waals surface area contributed by atoms with Gasteiger partial charge >= 0.3 is 0 Å². The molecule has 1 aliphatic rings. The number of hydrogen-bond donors (Lipinski definition) is 2. The molecule has 0 bridgehead atoms. The van der Waals surface area contributed by atoms with Crippen LogP contribution in [0.2, 0.25) is 0 Å². The highest BCUT2D eigenvalue weighted by atomic mass is 32.1. The molecule has 1 unspecified atom stereocenters. The Morgan fingerprint density at radius 3 is 2.82 bits per heavy atom. The number of carbonyl (C=O) groups is 2. The SMILES string of the molecule is CN(C)CCNC(=O)C1CCCN(C(=O)c2csc(Nc3ccccc3)n2)C1. The van der Waals surface area contributed by atoms with Crippen molar-refractivity contribution in [2.75, 3.05) is 45.6 Å². The van der Waals surface area contributed by atoms with Gasteiger partial charge in [-0.2, -0.15) is 0 Å². The number of hydrogen-bond acceptors (Lipinski definition) is 6. The van der Waals surface area contributed by atoms with Crippen LogP contribution in [0.5, 0.6) is 0 Å². The monoisotopic (exact) mass is 401 g/mol. The fourth-order valence-corrected chi connectivity index (χ4v) is 3.86. The highest BCUT2D eigenvalue weighted by molar-refractivity contribution is 7.14. The van der Waals surface area contributed by atoms with E-state index in [1.54, 1.807) is 10.3 Å². The van der Waals surface area contributed by atoms with Crippen LogP contribution in [0.3, 0.4) is 0 Å². The lowest BCUT2D eigenvalue weighted by molar-refractivity contribution is -0.126. The molecule has 1 aromatic carbocycles. The minimum Gasteiger partial charge on any atom is -0.355 e. The van der Waals surface area contributed by atoms with Gasteiger partial charge in [0.2, 0.25) is 5.91 Å². The topological polar surface area (TPSA) is 77.6 Å². The molecule has 0 aliphatic carbocycles. The van der Waals surface area contributed by atoms with Gasteiger partial charge in [0.25, 0.3) is 5.91 Å². The lowest BCUT2D eigenvalue weighted by Gasteiger charge is -2.31. The van der Waals surface area contributed by atoms with Crippen molar-refractivity contribution in [3.8, 4) is 0 Å². The zero-order chi connectivity index (χ0) is 19.9. The largest absolute Gasteiger partial charge is 0.355 e. The first-order chi connectivity index (χ1) is 13.5. The van der Waals surface area contributed by atoms with E-state index in [0.29, 0.717) is 30.5 Å². The van der Waals surface area contributed by atoms with Crippen molar-refractivity contribution >= 4 is 34.0 Å². The molecule has 7 nitrogen and oxygen atoms in total. The van der Waals surface area contributed by atoms with Gasteiger partial charge in [-0.3, -0.25) is 9.59 Å². The van der Waals surface area contributed by atoms with Gasteiger partial charge in [0.1, 0.15) is 5.69 Å². The van der Waals surface area contributed by atoms with Crippen molar-refractivity contribution in [1.82, 2.24) is 20.1 Å². The molecule has 1 fully saturated rings. The van der Waals surface area contributed by atoms with Crippen LogP contribution in [-0.4, -0.2) is 66.9 Å². The van der Waals surface area contributed by atoms with Crippen LogP contribution in [0.1, 0.15) is 23.3 Å². The molecule has 0 saturated carbocycles. The fraction of sp³-hybridized carbons (Fsp3) is 0.450. The van der Waals surface area contributed by atoms with Gasteiger partial charge in [0.05, 0.1) is 5.92 Å². The van der Waals surface area contributed by atoms with Gasteiger partial charge in [-0.05, 0) is 39.1 Å². The molecule has 0 radical (unpaired) electrons. The van der Waals surface area contributed by atoms with Crippen molar-refractivity contribution in [2.45, 2.75) is 12.8 Å². The maximum atomic E-state index is 12.8. The van der Waals surface area contributed by atoms with E-state index >= 15 is 0 Å². The van der Waals surface area contributed by atoms with Gasteiger partial charge in [-0.15, -0.1) is 11.3 Å². The second kappa shape index (κ2) is 9.66. The second-order valence-corrected chi connectivity index (χ2v) is 8.07. The van der Waals surface area contributed by atoms with Crippen LogP contribution >= 0.6 is 11.3 Å². The molecule has 28 heavy (non-hydrogen) atoms. The van der Waals surface area contributed by atoms with E-state index in [-0.39, 0.29) is 17.7 Å². The van der Waals surface area contributed by atoms with Crippen LogP contribution in [0, 0.1) is 5.92 Å². The van der Waals surface area contributed by atoms with Crippen LogP contribution in [0.15, 0.2) is 35.7 Å². The highest BCUT2D eigenvalue weighted by Crippen LogP contribution is 2.23. The summed E-state index contributed by atoms with van der Waals surface area (Å²) in [5.74, 6) is -0.229. The van der Waals surface area contributed by atoms with Crippen LogP contribution in [0.25, 0.3) is 0 Å². The molecule has 1 saturated heterocycles. The third-order valence-corrected chi connectivity index (χ3v) is 5.44. The van der Waals surface area contributed by atoms with E-state index in [4.69, 9.17) is 0 Å². The van der Waals surface area contributed by atoms with E-state index in [9.17, 15) is 9.59 Å². The summed E-state index contributed by atoms with van der Waals surface area (Å²) in [5, 5.41) is 8.64. The molecule has 1 aromatic heterocycles. The second-order valence-electron chi connectivity index (χ2n) is 7.21. The normalized spacial score (nSPS) is 16.8. The predicted octanol–water partition coefficient (Wildman–Crippen LogP) is 2.42. The number of benzene rings is 1. The molecular formula is C20H27N5O2S.